The monoisotopic (exact) mass is 458 g/mol. The van der Waals surface area contributed by atoms with Crippen molar-refractivity contribution in [1.82, 2.24) is 30.1 Å². The predicted molar refractivity (Wildman–Crippen MR) is 131 cm³/mol. The molecule has 8 nitrogen and oxygen atoms in total. The molecule has 0 radical (unpaired) electrons. The first-order chi connectivity index (χ1) is 16.5. The molecule has 1 N–H and O–H groups in total. The fourth-order valence-electron chi connectivity index (χ4n) is 4.99. The minimum Gasteiger partial charge on any atom is -0.497 e. The van der Waals surface area contributed by atoms with Crippen molar-refractivity contribution >= 4 is 10.9 Å². The van der Waals surface area contributed by atoms with Crippen molar-refractivity contribution in [3.8, 4) is 5.75 Å². The molecule has 0 spiro atoms. The molecule has 1 fully saturated rings. The van der Waals surface area contributed by atoms with Gasteiger partial charge in [0.25, 0.3) is 5.56 Å². The lowest BCUT2D eigenvalue weighted by atomic mass is 9.98. The number of H-pyrrole nitrogens is 1. The minimum atomic E-state index is -0.317. The quantitative estimate of drug-likeness (QED) is 0.473. The lowest BCUT2D eigenvalue weighted by molar-refractivity contribution is 0.177. The molecule has 34 heavy (non-hydrogen) atoms. The summed E-state index contributed by atoms with van der Waals surface area (Å²) in [6.45, 7) is 6.46. The molecule has 5 rings (SSSR count). The summed E-state index contributed by atoms with van der Waals surface area (Å²) in [6, 6.07) is 13.8. The standard InChI is InChI=1S/C26H30N6O2/c1-17-13-18(2)21-15-22(26(33)27-23(21)14-17)24(31-11-5-4-6-12-31)25-28-29-30-32(25)16-19-7-9-20(34-3)10-8-19/h7-10,13-15,24H,4-6,11-12,16H2,1-3H3,(H,27,33)/t24-/m1/s1. The van der Waals surface area contributed by atoms with Crippen LogP contribution in [0.4, 0.5) is 0 Å². The fourth-order valence-corrected chi connectivity index (χ4v) is 4.99. The van der Waals surface area contributed by atoms with Crippen LogP contribution in [0.1, 0.15) is 53.4 Å². The maximum atomic E-state index is 13.4. The van der Waals surface area contributed by atoms with Crippen LogP contribution in [0, 0.1) is 13.8 Å². The van der Waals surface area contributed by atoms with Crippen LogP contribution in [0.2, 0.25) is 0 Å². The second-order valence-corrected chi connectivity index (χ2v) is 9.14. The van der Waals surface area contributed by atoms with Gasteiger partial charge in [-0.3, -0.25) is 9.69 Å². The highest BCUT2D eigenvalue weighted by Crippen LogP contribution is 2.30. The first kappa shape index (κ1) is 22.3. The molecule has 4 aromatic rings. The van der Waals surface area contributed by atoms with Gasteiger partial charge >= 0.3 is 0 Å². The van der Waals surface area contributed by atoms with Crippen molar-refractivity contribution in [3.05, 3.63) is 80.9 Å². The third-order valence-corrected chi connectivity index (χ3v) is 6.69. The summed E-state index contributed by atoms with van der Waals surface area (Å²) in [4.78, 5) is 18.9. The van der Waals surface area contributed by atoms with E-state index < -0.39 is 0 Å². The molecule has 2 aromatic carbocycles. The maximum Gasteiger partial charge on any atom is 0.253 e. The van der Waals surface area contributed by atoms with E-state index in [4.69, 9.17) is 4.74 Å². The lowest BCUT2D eigenvalue weighted by Crippen LogP contribution is -2.38. The van der Waals surface area contributed by atoms with E-state index in [-0.39, 0.29) is 11.6 Å². The Morgan fingerprint density at radius 3 is 2.56 bits per heavy atom. The normalized spacial score (nSPS) is 15.5. The highest BCUT2D eigenvalue weighted by Gasteiger charge is 2.31. The zero-order valence-corrected chi connectivity index (χ0v) is 19.9. The van der Waals surface area contributed by atoms with Crippen LogP contribution in [-0.2, 0) is 6.54 Å². The van der Waals surface area contributed by atoms with Crippen molar-refractivity contribution in [1.29, 1.82) is 0 Å². The number of methoxy groups -OCH3 is 1. The number of nitrogens with one attached hydrogen (secondary N) is 1. The van der Waals surface area contributed by atoms with Crippen molar-refractivity contribution in [2.75, 3.05) is 20.2 Å². The van der Waals surface area contributed by atoms with Gasteiger partial charge in [-0.15, -0.1) is 5.10 Å². The first-order valence-electron chi connectivity index (χ1n) is 11.8. The molecule has 1 atom stereocenters. The van der Waals surface area contributed by atoms with Crippen LogP contribution in [0.5, 0.6) is 5.75 Å². The molecule has 1 saturated heterocycles. The van der Waals surface area contributed by atoms with Crippen LogP contribution in [0.15, 0.2) is 47.3 Å². The number of likely N-dealkylation sites (tertiary alicyclic amines) is 1. The summed E-state index contributed by atoms with van der Waals surface area (Å²) in [7, 11) is 1.65. The van der Waals surface area contributed by atoms with Gasteiger partial charge in [0.15, 0.2) is 5.82 Å². The third-order valence-electron chi connectivity index (χ3n) is 6.69. The molecule has 0 saturated carbocycles. The topological polar surface area (TPSA) is 88.9 Å². The Kier molecular flexibility index (Phi) is 6.15. The van der Waals surface area contributed by atoms with Gasteiger partial charge in [0.1, 0.15) is 11.8 Å². The van der Waals surface area contributed by atoms with Gasteiger partial charge in [0, 0.05) is 16.5 Å². The third kappa shape index (κ3) is 4.33. The van der Waals surface area contributed by atoms with Gasteiger partial charge < -0.3 is 9.72 Å². The lowest BCUT2D eigenvalue weighted by Gasteiger charge is -2.33. The smallest absolute Gasteiger partial charge is 0.253 e. The van der Waals surface area contributed by atoms with Gasteiger partial charge in [-0.05, 0) is 91.2 Å². The molecule has 0 unspecified atom stereocenters. The molecule has 8 heteroatoms. The maximum absolute atomic E-state index is 13.4. The average molecular weight is 459 g/mol. The summed E-state index contributed by atoms with van der Waals surface area (Å²) in [6.07, 6.45) is 3.40. The van der Waals surface area contributed by atoms with Crippen LogP contribution < -0.4 is 10.3 Å². The summed E-state index contributed by atoms with van der Waals surface area (Å²) >= 11 is 0. The van der Waals surface area contributed by atoms with E-state index in [0.29, 0.717) is 17.9 Å². The average Bonchev–Trinajstić information content (AvgIpc) is 3.28. The molecule has 2 aromatic heterocycles. The van der Waals surface area contributed by atoms with E-state index in [1.54, 1.807) is 7.11 Å². The number of hydrogen-bond acceptors (Lipinski definition) is 6. The number of aromatic nitrogens is 5. The number of rotatable bonds is 6. The Bertz CT molecular complexity index is 1350. The van der Waals surface area contributed by atoms with E-state index in [0.717, 1.165) is 59.3 Å². The highest BCUT2D eigenvalue weighted by molar-refractivity contribution is 5.83. The molecule has 0 amide bonds. The Hall–Kier alpha value is -3.52. The van der Waals surface area contributed by atoms with E-state index >= 15 is 0 Å². The molecule has 1 aliphatic rings. The molecule has 1 aliphatic heterocycles. The number of ether oxygens (including phenoxy) is 1. The summed E-state index contributed by atoms with van der Waals surface area (Å²) in [5.74, 6) is 1.49. The minimum absolute atomic E-state index is 0.0907. The largest absolute Gasteiger partial charge is 0.497 e. The Morgan fingerprint density at radius 2 is 1.82 bits per heavy atom. The van der Waals surface area contributed by atoms with Gasteiger partial charge in [-0.2, -0.15) is 0 Å². The van der Waals surface area contributed by atoms with E-state index in [1.165, 1.54) is 6.42 Å². The second kappa shape index (κ2) is 9.38. The number of tetrazole rings is 1. The second-order valence-electron chi connectivity index (χ2n) is 9.14. The number of benzene rings is 2. The first-order valence-corrected chi connectivity index (χ1v) is 11.8. The van der Waals surface area contributed by atoms with Crippen molar-refractivity contribution < 1.29 is 4.74 Å². The van der Waals surface area contributed by atoms with Crippen LogP contribution in [0.3, 0.4) is 0 Å². The Balaban J connectivity index is 1.60. The van der Waals surface area contributed by atoms with Crippen LogP contribution in [-0.4, -0.2) is 50.3 Å². The van der Waals surface area contributed by atoms with Crippen molar-refractivity contribution in [3.63, 3.8) is 0 Å². The Labute approximate surface area is 198 Å². The fraction of sp³-hybridized carbons (Fsp3) is 0.385. The molecule has 3 heterocycles. The summed E-state index contributed by atoms with van der Waals surface area (Å²) in [5, 5.41) is 13.8. The van der Waals surface area contributed by atoms with Gasteiger partial charge in [0.2, 0.25) is 0 Å². The number of piperidine rings is 1. The number of pyridine rings is 1. The van der Waals surface area contributed by atoms with Gasteiger partial charge in [-0.25, -0.2) is 4.68 Å². The van der Waals surface area contributed by atoms with E-state index in [9.17, 15) is 4.79 Å². The molecule has 176 valence electrons. The van der Waals surface area contributed by atoms with Crippen molar-refractivity contribution in [2.24, 2.45) is 0 Å². The number of aryl methyl sites for hydroxylation is 2. The number of hydrogen-bond donors (Lipinski definition) is 1. The predicted octanol–water partition coefficient (Wildman–Crippen LogP) is 3.76. The number of nitrogens with zero attached hydrogens (tertiary/aromatic N) is 5. The Morgan fingerprint density at radius 1 is 1.06 bits per heavy atom. The highest BCUT2D eigenvalue weighted by atomic mass is 16.5. The number of fused-ring (bicyclic) bond motifs is 1. The molecule has 0 aliphatic carbocycles. The molecule has 0 bridgehead atoms. The van der Waals surface area contributed by atoms with Crippen molar-refractivity contribution in [2.45, 2.75) is 45.7 Å². The van der Waals surface area contributed by atoms with Crippen LogP contribution >= 0.6 is 0 Å². The van der Waals surface area contributed by atoms with Gasteiger partial charge in [0.05, 0.1) is 13.7 Å². The summed E-state index contributed by atoms with van der Waals surface area (Å²) in [5.41, 5.74) is 4.79. The van der Waals surface area contributed by atoms with E-state index in [1.807, 2.05) is 48.0 Å². The van der Waals surface area contributed by atoms with Crippen LogP contribution in [0.25, 0.3) is 10.9 Å². The van der Waals surface area contributed by atoms with Gasteiger partial charge in [-0.1, -0.05) is 24.6 Å². The van der Waals surface area contributed by atoms with E-state index in [2.05, 4.69) is 38.4 Å². The number of aromatic amines is 1. The molecular formula is C26H30N6O2. The zero-order chi connectivity index (χ0) is 23.7. The zero-order valence-electron chi connectivity index (χ0n) is 19.9. The summed E-state index contributed by atoms with van der Waals surface area (Å²) < 4.78 is 7.09. The SMILES string of the molecule is COc1ccc(Cn2nnnc2[C@@H](c2cc3c(C)cc(C)cc3[nH]c2=O)N2CCCCC2)cc1. The molecular weight excluding hydrogens is 428 g/mol.